The minimum atomic E-state index is -0.727. The Labute approximate surface area is 180 Å². The van der Waals surface area contributed by atoms with Gasteiger partial charge in [-0.05, 0) is 67.9 Å². The molecule has 31 heavy (non-hydrogen) atoms. The number of carbonyl (C=O) groups is 2. The first-order valence-electron chi connectivity index (χ1n) is 9.85. The molecule has 3 aromatic rings. The number of allylic oxidation sites excluding steroid dienone is 1. The summed E-state index contributed by atoms with van der Waals surface area (Å²) in [5, 5.41) is 22.9. The molecule has 0 radical (unpaired) electrons. The van der Waals surface area contributed by atoms with Crippen molar-refractivity contribution in [1.29, 1.82) is 0 Å². The Morgan fingerprint density at radius 3 is 2.23 bits per heavy atom. The van der Waals surface area contributed by atoms with E-state index < -0.39 is 17.7 Å². The molecule has 1 atom stereocenters. The van der Waals surface area contributed by atoms with Crippen molar-refractivity contribution in [3.05, 3.63) is 95.2 Å². The highest BCUT2D eigenvalue weighted by Gasteiger charge is 2.46. The first-order valence-corrected chi connectivity index (χ1v) is 9.85. The second kappa shape index (κ2) is 7.99. The van der Waals surface area contributed by atoms with Crippen LogP contribution in [0.5, 0.6) is 11.5 Å². The number of carbonyl (C=O) groups excluding carboxylic acids is 2. The van der Waals surface area contributed by atoms with Gasteiger partial charge in [-0.25, -0.2) is 0 Å². The molecule has 0 saturated carbocycles. The van der Waals surface area contributed by atoms with Crippen molar-refractivity contribution < 1.29 is 19.8 Å². The Kier molecular flexibility index (Phi) is 5.21. The van der Waals surface area contributed by atoms with Crippen molar-refractivity contribution in [3.63, 3.8) is 0 Å². The smallest absolute Gasteiger partial charge is 0.300 e. The van der Waals surface area contributed by atoms with Crippen LogP contribution in [0.1, 0.15) is 24.1 Å². The Morgan fingerprint density at radius 2 is 1.58 bits per heavy atom. The van der Waals surface area contributed by atoms with Crippen molar-refractivity contribution in [2.24, 2.45) is 0 Å². The van der Waals surface area contributed by atoms with Crippen LogP contribution in [0.25, 0.3) is 0 Å². The first kappa shape index (κ1) is 20.2. The van der Waals surface area contributed by atoms with E-state index in [4.69, 9.17) is 0 Å². The molecule has 1 aliphatic heterocycles. The maximum absolute atomic E-state index is 13.1. The highest BCUT2D eigenvalue weighted by molar-refractivity contribution is 6.51. The van der Waals surface area contributed by atoms with E-state index in [-0.39, 0.29) is 11.5 Å². The second-order valence-electron chi connectivity index (χ2n) is 7.55. The average Bonchev–Trinajstić information content (AvgIpc) is 3.01. The van der Waals surface area contributed by atoms with Gasteiger partial charge in [0.05, 0.1) is 11.6 Å². The number of nitrogens with one attached hydrogen (secondary N) is 1. The largest absolute Gasteiger partial charge is 0.508 e. The monoisotopic (exact) mass is 414 g/mol. The Morgan fingerprint density at radius 1 is 0.903 bits per heavy atom. The molecule has 6 nitrogen and oxygen atoms in total. The Hall–Kier alpha value is -4.06. The lowest BCUT2D eigenvalue weighted by molar-refractivity contribution is -0.132. The maximum Gasteiger partial charge on any atom is 0.300 e. The number of nitrogens with zero attached hydrogens (tertiary/aromatic N) is 1. The van der Waals surface area contributed by atoms with Gasteiger partial charge in [0.2, 0.25) is 0 Å². The third kappa shape index (κ3) is 3.88. The predicted octanol–water partition coefficient (Wildman–Crippen LogP) is 4.45. The minimum absolute atomic E-state index is 0.0402. The average molecular weight is 414 g/mol. The van der Waals surface area contributed by atoms with Gasteiger partial charge in [-0.2, -0.15) is 0 Å². The van der Waals surface area contributed by atoms with Crippen LogP contribution in [0.15, 0.2) is 84.1 Å². The third-order valence-corrected chi connectivity index (χ3v) is 5.29. The summed E-state index contributed by atoms with van der Waals surface area (Å²) in [5.41, 5.74) is 3.85. The number of rotatable bonds is 4. The molecule has 0 aliphatic carbocycles. The van der Waals surface area contributed by atoms with Crippen LogP contribution in [-0.4, -0.2) is 21.9 Å². The molecule has 156 valence electrons. The van der Waals surface area contributed by atoms with Gasteiger partial charge in [-0.1, -0.05) is 29.8 Å². The summed E-state index contributed by atoms with van der Waals surface area (Å²) in [6, 6.07) is 19.6. The number of aryl methyl sites for hydroxylation is 1. The molecule has 1 amide bonds. The number of hydrogen-bond donors (Lipinski definition) is 3. The fourth-order valence-electron chi connectivity index (χ4n) is 3.78. The fraction of sp³-hybridized carbons (Fsp3) is 0.120. The van der Waals surface area contributed by atoms with Crippen molar-refractivity contribution in [3.8, 4) is 11.5 Å². The van der Waals surface area contributed by atoms with E-state index in [9.17, 15) is 19.8 Å². The van der Waals surface area contributed by atoms with E-state index in [0.29, 0.717) is 22.5 Å². The molecule has 1 heterocycles. The lowest BCUT2D eigenvalue weighted by Crippen LogP contribution is -2.29. The summed E-state index contributed by atoms with van der Waals surface area (Å²) in [4.78, 5) is 27.6. The molecule has 3 N–H and O–H groups in total. The van der Waals surface area contributed by atoms with E-state index >= 15 is 0 Å². The lowest BCUT2D eigenvalue weighted by atomic mass is 9.96. The summed E-state index contributed by atoms with van der Waals surface area (Å²) in [7, 11) is 0. The molecule has 4 rings (SSSR count). The summed E-state index contributed by atoms with van der Waals surface area (Å²) in [6.07, 6.45) is 0. The summed E-state index contributed by atoms with van der Waals surface area (Å²) >= 11 is 0. The zero-order chi connectivity index (χ0) is 22.1. The zero-order valence-corrected chi connectivity index (χ0v) is 17.2. The van der Waals surface area contributed by atoms with Crippen LogP contribution in [0.2, 0.25) is 0 Å². The number of anilines is 2. The quantitative estimate of drug-likeness (QED) is 0.434. The molecule has 0 aromatic heterocycles. The zero-order valence-electron chi connectivity index (χ0n) is 17.2. The number of ketones is 1. The van der Waals surface area contributed by atoms with Crippen LogP contribution in [0.3, 0.4) is 0 Å². The van der Waals surface area contributed by atoms with Crippen molar-refractivity contribution in [2.75, 3.05) is 10.2 Å². The number of aromatic hydroxyl groups is 2. The van der Waals surface area contributed by atoms with Crippen molar-refractivity contribution in [1.82, 2.24) is 0 Å². The summed E-state index contributed by atoms with van der Waals surface area (Å²) in [6.45, 7) is 3.75. The summed E-state index contributed by atoms with van der Waals surface area (Å²) < 4.78 is 0. The Bertz CT molecular complexity index is 1180. The number of phenolic OH excluding ortho intramolecular Hbond substituents is 2. The third-order valence-electron chi connectivity index (χ3n) is 5.29. The Balaban J connectivity index is 1.85. The molecule has 0 spiro atoms. The molecule has 1 saturated heterocycles. The number of benzene rings is 3. The topological polar surface area (TPSA) is 89.9 Å². The second-order valence-corrected chi connectivity index (χ2v) is 7.55. The van der Waals surface area contributed by atoms with E-state index in [2.05, 4.69) is 5.32 Å². The van der Waals surface area contributed by atoms with Gasteiger partial charge < -0.3 is 15.5 Å². The molecule has 1 unspecified atom stereocenters. The van der Waals surface area contributed by atoms with E-state index in [1.165, 1.54) is 23.1 Å². The van der Waals surface area contributed by atoms with Gasteiger partial charge in [-0.15, -0.1) is 0 Å². The number of hydrogen-bond acceptors (Lipinski definition) is 5. The van der Waals surface area contributed by atoms with Gasteiger partial charge in [0.25, 0.3) is 11.7 Å². The molecule has 3 aromatic carbocycles. The lowest BCUT2D eigenvalue weighted by Gasteiger charge is -2.26. The fourth-order valence-corrected chi connectivity index (χ4v) is 3.78. The maximum atomic E-state index is 13.1. The summed E-state index contributed by atoms with van der Waals surface area (Å²) in [5.74, 6) is -1.18. The van der Waals surface area contributed by atoms with Gasteiger partial charge >= 0.3 is 0 Å². The first-order chi connectivity index (χ1) is 14.8. The standard InChI is InChI=1S/C25H22N2O4/c1-15-6-8-18(9-7-15)26-16(2)22-23(17-4-3-5-21(29)14-17)27(25(31)24(22)30)19-10-12-20(28)13-11-19/h3-14,23,26,28-29H,1-2H3/b22-16+. The van der Waals surface area contributed by atoms with Crippen LogP contribution in [0, 0.1) is 6.92 Å². The molecular formula is C25H22N2O4. The predicted molar refractivity (Wildman–Crippen MR) is 119 cm³/mol. The number of Topliss-reactive ketones (excluding diaryl/α,β-unsaturated/α-hetero) is 1. The highest BCUT2D eigenvalue weighted by atomic mass is 16.3. The van der Waals surface area contributed by atoms with E-state index in [1.54, 1.807) is 37.3 Å². The van der Waals surface area contributed by atoms with Crippen molar-refractivity contribution in [2.45, 2.75) is 19.9 Å². The van der Waals surface area contributed by atoms with Gasteiger partial charge in [0.15, 0.2) is 0 Å². The van der Waals surface area contributed by atoms with Crippen LogP contribution in [-0.2, 0) is 9.59 Å². The highest BCUT2D eigenvalue weighted by Crippen LogP contribution is 2.41. The molecule has 1 aliphatic rings. The number of phenols is 2. The minimum Gasteiger partial charge on any atom is -0.508 e. The number of amides is 1. The normalized spacial score (nSPS) is 17.7. The van der Waals surface area contributed by atoms with E-state index in [1.807, 2.05) is 31.2 Å². The molecular weight excluding hydrogens is 392 g/mol. The van der Waals surface area contributed by atoms with Crippen LogP contribution in [0.4, 0.5) is 11.4 Å². The molecule has 1 fully saturated rings. The van der Waals surface area contributed by atoms with Gasteiger partial charge in [0, 0.05) is 17.1 Å². The SMILES string of the molecule is C/C(Nc1ccc(C)cc1)=C1\C(=O)C(=O)N(c2ccc(O)cc2)C1c1cccc(O)c1. The van der Waals surface area contributed by atoms with E-state index in [0.717, 1.165) is 11.3 Å². The van der Waals surface area contributed by atoms with Gasteiger partial charge in [-0.3, -0.25) is 14.5 Å². The van der Waals surface area contributed by atoms with Crippen LogP contribution >= 0.6 is 0 Å². The van der Waals surface area contributed by atoms with Crippen LogP contribution < -0.4 is 10.2 Å². The van der Waals surface area contributed by atoms with Gasteiger partial charge in [0.1, 0.15) is 11.5 Å². The molecule has 0 bridgehead atoms. The van der Waals surface area contributed by atoms with Crippen molar-refractivity contribution >= 4 is 23.1 Å². The molecule has 6 heteroatoms.